The molecule has 1 aromatic heterocycles. The summed E-state index contributed by atoms with van der Waals surface area (Å²) >= 11 is 1.82. The van der Waals surface area contributed by atoms with E-state index in [0.29, 0.717) is 11.6 Å². The normalized spacial score (nSPS) is 15.2. The quantitative estimate of drug-likeness (QED) is 0.931. The number of anilines is 1. The van der Waals surface area contributed by atoms with Gasteiger partial charge in [-0.1, -0.05) is 30.3 Å². The maximum Gasteiger partial charge on any atom is 0.164 e. The van der Waals surface area contributed by atoms with Gasteiger partial charge in [0.15, 0.2) is 5.82 Å². The molecule has 1 aromatic carbocycles. The number of nitrogen functional groups attached to an aromatic ring is 1. The summed E-state index contributed by atoms with van der Waals surface area (Å²) in [7, 11) is 1.67. The number of aromatic nitrogens is 2. The highest BCUT2D eigenvalue weighted by molar-refractivity contribution is 7.98. The van der Waals surface area contributed by atoms with E-state index >= 15 is 0 Å². The van der Waals surface area contributed by atoms with Crippen molar-refractivity contribution < 1.29 is 4.74 Å². The van der Waals surface area contributed by atoms with E-state index < -0.39 is 0 Å². The summed E-state index contributed by atoms with van der Waals surface area (Å²) in [5.41, 5.74) is 9.19. The number of benzene rings is 1. The van der Waals surface area contributed by atoms with E-state index in [1.54, 1.807) is 7.11 Å². The lowest BCUT2D eigenvalue weighted by Crippen LogP contribution is -2.12. The van der Waals surface area contributed by atoms with Gasteiger partial charge in [-0.2, -0.15) is 11.8 Å². The van der Waals surface area contributed by atoms with Crippen LogP contribution in [0.25, 0.3) is 0 Å². The second-order valence-corrected chi connectivity index (χ2v) is 5.40. The van der Waals surface area contributed by atoms with Gasteiger partial charge in [-0.15, -0.1) is 0 Å². The van der Waals surface area contributed by atoms with Crippen LogP contribution in [-0.4, -0.2) is 17.1 Å². The number of thioether (sulfide) groups is 1. The zero-order valence-electron chi connectivity index (χ0n) is 10.7. The van der Waals surface area contributed by atoms with E-state index in [1.807, 2.05) is 42.1 Å². The molecule has 3 rings (SSSR count). The predicted molar refractivity (Wildman–Crippen MR) is 76.7 cm³/mol. The smallest absolute Gasteiger partial charge is 0.164 e. The van der Waals surface area contributed by atoms with Crippen LogP contribution < -0.4 is 5.73 Å². The number of rotatable bonds is 3. The van der Waals surface area contributed by atoms with E-state index in [9.17, 15) is 0 Å². The SMILES string of the molecule is COC(c1ccccc1)c1nc(N)c2c(n1)CSC2. The van der Waals surface area contributed by atoms with Crippen molar-refractivity contribution in [2.45, 2.75) is 17.6 Å². The molecule has 0 bridgehead atoms. The lowest BCUT2D eigenvalue weighted by atomic mass is 10.1. The van der Waals surface area contributed by atoms with Crippen LogP contribution in [0.4, 0.5) is 5.82 Å². The van der Waals surface area contributed by atoms with Crippen molar-refractivity contribution in [3.8, 4) is 0 Å². The average molecular weight is 273 g/mol. The second kappa shape index (κ2) is 5.19. The number of ether oxygens (including phenoxy) is 1. The Bertz CT molecular complexity index is 589. The fourth-order valence-electron chi connectivity index (χ4n) is 2.23. The van der Waals surface area contributed by atoms with Crippen molar-refractivity contribution in [1.82, 2.24) is 9.97 Å². The Labute approximate surface area is 116 Å². The molecule has 2 N–H and O–H groups in total. The van der Waals surface area contributed by atoms with Crippen LogP contribution in [0.3, 0.4) is 0 Å². The van der Waals surface area contributed by atoms with Crippen LogP contribution in [0.15, 0.2) is 30.3 Å². The van der Waals surface area contributed by atoms with Gasteiger partial charge >= 0.3 is 0 Å². The lowest BCUT2D eigenvalue weighted by molar-refractivity contribution is 0.129. The summed E-state index contributed by atoms with van der Waals surface area (Å²) in [6.45, 7) is 0. The monoisotopic (exact) mass is 273 g/mol. The Kier molecular flexibility index (Phi) is 3.40. The molecule has 0 aliphatic carbocycles. The Balaban J connectivity index is 2.03. The van der Waals surface area contributed by atoms with E-state index in [1.165, 1.54) is 0 Å². The number of nitrogens with two attached hydrogens (primary N) is 1. The Morgan fingerprint density at radius 2 is 2.00 bits per heavy atom. The molecule has 4 nitrogen and oxygen atoms in total. The molecule has 98 valence electrons. The van der Waals surface area contributed by atoms with Crippen molar-refractivity contribution in [1.29, 1.82) is 0 Å². The van der Waals surface area contributed by atoms with Crippen molar-refractivity contribution in [3.63, 3.8) is 0 Å². The summed E-state index contributed by atoms with van der Waals surface area (Å²) in [4.78, 5) is 9.05. The molecule has 2 heterocycles. The molecule has 0 fully saturated rings. The van der Waals surface area contributed by atoms with Crippen molar-refractivity contribution in [2.24, 2.45) is 0 Å². The minimum absolute atomic E-state index is 0.264. The van der Waals surface area contributed by atoms with E-state index in [4.69, 9.17) is 10.5 Å². The fraction of sp³-hybridized carbons (Fsp3) is 0.286. The summed E-state index contributed by atoms with van der Waals surface area (Å²) in [5.74, 6) is 3.04. The third-order valence-electron chi connectivity index (χ3n) is 3.20. The van der Waals surface area contributed by atoms with Gasteiger partial charge in [-0.3, -0.25) is 0 Å². The molecular weight excluding hydrogens is 258 g/mol. The number of fused-ring (bicyclic) bond motifs is 1. The highest BCUT2D eigenvalue weighted by atomic mass is 32.2. The van der Waals surface area contributed by atoms with E-state index in [0.717, 1.165) is 28.3 Å². The Morgan fingerprint density at radius 1 is 1.21 bits per heavy atom. The number of methoxy groups -OCH3 is 1. The van der Waals surface area contributed by atoms with E-state index in [-0.39, 0.29) is 6.10 Å². The summed E-state index contributed by atoms with van der Waals surface area (Å²) < 4.78 is 5.55. The molecule has 1 unspecified atom stereocenters. The summed E-state index contributed by atoms with van der Waals surface area (Å²) in [6, 6.07) is 9.96. The first-order valence-electron chi connectivity index (χ1n) is 6.10. The molecule has 0 saturated heterocycles. The van der Waals surface area contributed by atoms with Gasteiger partial charge in [-0.05, 0) is 5.56 Å². The number of nitrogens with zero attached hydrogens (tertiary/aromatic N) is 2. The van der Waals surface area contributed by atoms with Gasteiger partial charge in [-0.25, -0.2) is 9.97 Å². The summed E-state index contributed by atoms with van der Waals surface area (Å²) in [5, 5.41) is 0. The minimum atomic E-state index is -0.264. The molecule has 1 aliphatic heterocycles. The first-order valence-corrected chi connectivity index (χ1v) is 7.25. The molecule has 1 atom stereocenters. The van der Waals surface area contributed by atoms with Gasteiger partial charge < -0.3 is 10.5 Å². The molecule has 0 saturated carbocycles. The molecule has 19 heavy (non-hydrogen) atoms. The van der Waals surface area contributed by atoms with E-state index in [2.05, 4.69) is 9.97 Å². The first kappa shape index (κ1) is 12.4. The average Bonchev–Trinajstić information content (AvgIpc) is 2.90. The first-order chi connectivity index (χ1) is 9.29. The van der Waals surface area contributed by atoms with Crippen molar-refractivity contribution in [3.05, 3.63) is 53.0 Å². The molecule has 2 aromatic rings. The van der Waals surface area contributed by atoms with Crippen LogP contribution in [0.2, 0.25) is 0 Å². The maximum atomic E-state index is 6.02. The topological polar surface area (TPSA) is 61.0 Å². The van der Waals surface area contributed by atoms with Gasteiger partial charge in [0.25, 0.3) is 0 Å². The van der Waals surface area contributed by atoms with Crippen molar-refractivity contribution >= 4 is 17.6 Å². The highest BCUT2D eigenvalue weighted by Crippen LogP contribution is 2.33. The largest absolute Gasteiger partial charge is 0.383 e. The zero-order chi connectivity index (χ0) is 13.2. The molecule has 0 spiro atoms. The third kappa shape index (κ3) is 2.31. The molecule has 5 heteroatoms. The second-order valence-electron chi connectivity index (χ2n) is 4.41. The summed E-state index contributed by atoms with van der Waals surface area (Å²) in [6.07, 6.45) is -0.264. The van der Waals surface area contributed by atoms with Gasteiger partial charge in [0, 0.05) is 24.2 Å². The van der Waals surface area contributed by atoms with Crippen LogP contribution in [-0.2, 0) is 16.2 Å². The van der Waals surface area contributed by atoms with Crippen LogP contribution in [0, 0.1) is 0 Å². The lowest BCUT2D eigenvalue weighted by Gasteiger charge is -2.16. The fourth-order valence-corrected chi connectivity index (χ4v) is 3.28. The standard InChI is InChI=1S/C14H15N3OS/c1-18-12(9-5-3-2-4-6-9)14-16-11-8-19-7-10(11)13(15)17-14/h2-6,12H,7-8H2,1H3,(H2,15,16,17). The van der Waals surface area contributed by atoms with Crippen LogP contribution in [0.5, 0.6) is 0 Å². The van der Waals surface area contributed by atoms with Gasteiger partial charge in [0.1, 0.15) is 11.9 Å². The minimum Gasteiger partial charge on any atom is -0.383 e. The molecule has 1 aliphatic rings. The van der Waals surface area contributed by atoms with Gasteiger partial charge in [0.2, 0.25) is 0 Å². The molecule has 0 amide bonds. The molecule has 0 radical (unpaired) electrons. The van der Waals surface area contributed by atoms with Crippen LogP contribution >= 0.6 is 11.8 Å². The van der Waals surface area contributed by atoms with Crippen LogP contribution in [0.1, 0.15) is 28.7 Å². The Hall–Kier alpha value is -1.59. The molecular formula is C14H15N3OS. The van der Waals surface area contributed by atoms with Crippen molar-refractivity contribution in [2.75, 3.05) is 12.8 Å². The number of hydrogen-bond donors (Lipinski definition) is 1. The Morgan fingerprint density at radius 3 is 2.74 bits per heavy atom. The predicted octanol–water partition coefficient (Wildman–Crippen LogP) is 2.54. The highest BCUT2D eigenvalue weighted by Gasteiger charge is 2.23. The number of hydrogen-bond acceptors (Lipinski definition) is 5. The zero-order valence-corrected chi connectivity index (χ0v) is 11.5. The maximum absolute atomic E-state index is 6.02. The van der Waals surface area contributed by atoms with Gasteiger partial charge in [0.05, 0.1) is 5.69 Å². The third-order valence-corrected chi connectivity index (χ3v) is 4.17.